The van der Waals surface area contributed by atoms with Crippen LogP contribution in [0.3, 0.4) is 0 Å². The van der Waals surface area contributed by atoms with Crippen LogP contribution in [0.25, 0.3) is 11.3 Å². The molecule has 2 aromatic rings. The molecule has 0 aliphatic rings. The van der Waals surface area contributed by atoms with Crippen molar-refractivity contribution in [1.29, 1.82) is 0 Å². The van der Waals surface area contributed by atoms with Crippen LogP contribution in [-0.2, 0) is 6.18 Å². The standard InChI is InChI=1S/C11H8F3N3S/c1-6-4-16-10(18)17-9(6)7-5-15-3-2-8(7)11(12,13)14/h2-5H,1H3,(H,16,17,18). The van der Waals surface area contributed by atoms with Gasteiger partial charge in [-0.1, -0.05) is 0 Å². The van der Waals surface area contributed by atoms with Gasteiger partial charge in [-0.25, -0.2) is 4.98 Å². The molecule has 0 spiro atoms. The molecule has 3 nitrogen and oxygen atoms in total. The second kappa shape index (κ2) is 4.49. The Labute approximate surface area is 106 Å². The molecule has 0 atom stereocenters. The van der Waals surface area contributed by atoms with Crippen molar-refractivity contribution in [1.82, 2.24) is 15.0 Å². The van der Waals surface area contributed by atoms with E-state index in [0.29, 0.717) is 5.56 Å². The maximum absolute atomic E-state index is 12.9. The van der Waals surface area contributed by atoms with E-state index in [1.807, 2.05) is 0 Å². The van der Waals surface area contributed by atoms with E-state index in [1.54, 1.807) is 6.92 Å². The minimum Gasteiger partial charge on any atom is -0.330 e. The van der Waals surface area contributed by atoms with E-state index in [0.717, 1.165) is 18.5 Å². The summed E-state index contributed by atoms with van der Waals surface area (Å²) in [4.78, 5) is 10.2. The van der Waals surface area contributed by atoms with Gasteiger partial charge < -0.3 is 4.98 Å². The first-order chi connectivity index (χ1) is 8.39. The first-order valence-corrected chi connectivity index (χ1v) is 5.38. The van der Waals surface area contributed by atoms with Crippen LogP contribution < -0.4 is 0 Å². The third-order valence-corrected chi connectivity index (χ3v) is 2.61. The first kappa shape index (κ1) is 12.7. The minimum absolute atomic E-state index is 0.0315. The number of pyridine rings is 1. The van der Waals surface area contributed by atoms with Crippen LogP contribution in [-0.4, -0.2) is 15.0 Å². The Morgan fingerprint density at radius 3 is 2.67 bits per heavy atom. The van der Waals surface area contributed by atoms with Crippen molar-refractivity contribution in [2.45, 2.75) is 13.1 Å². The summed E-state index contributed by atoms with van der Waals surface area (Å²) in [6, 6.07) is 0.937. The lowest BCUT2D eigenvalue weighted by Crippen LogP contribution is -2.08. The van der Waals surface area contributed by atoms with Crippen LogP contribution in [0.15, 0.2) is 24.7 Å². The van der Waals surface area contributed by atoms with Gasteiger partial charge in [0.1, 0.15) is 0 Å². The SMILES string of the molecule is Cc1cnc(=S)[nH]c1-c1cnccc1C(F)(F)F. The third kappa shape index (κ3) is 2.40. The van der Waals surface area contributed by atoms with Crippen molar-refractivity contribution in [2.24, 2.45) is 0 Å². The zero-order chi connectivity index (χ0) is 13.3. The molecule has 2 aromatic heterocycles. The molecule has 0 aliphatic carbocycles. The fourth-order valence-corrected chi connectivity index (χ4v) is 1.73. The average Bonchev–Trinajstić information content (AvgIpc) is 2.31. The first-order valence-electron chi connectivity index (χ1n) is 4.97. The van der Waals surface area contributed by atoms with Crippen LogP contribution in [0.2, 0.25) is 0 Å². The topological polar surface area (TPSA) is 41.6 Å². The maximum atomic E-state index is 12.9. The Balaban J connectivity index is 2.72. The molecule has 0 saturated carbocycles. The van der Waals surface area contributed by atoms with E-state index < -0.39 is 11.7 Å². The molecule has 0 aromatic carbocycles. The summed E-state index contributed by atoms with van der Waals surface area (Å²) in [5.74, 6) is 0. The van der Waals surface area contributed by atoms with Gasteiger partial charge in [0.15, 0.2) is 4.77 Å². The number of halogens is 3. The van der Waals surface area contributed by atoms with Crippen molar-refractivity contribution in [2.75, 3.05) is 0 Å². The highest BCUT2D eigenvalue weighted by atomic mass is 32.1. The van der Waals surface area contributed by atoms with Gasteiger partial charge in [-0.15, -0.1) is 0 Å². The molecule has 94 valence electrons. The predicted molar refractivity (Wildman–Crippen MR) is 62.4 cm³/mol. The number of aromatic nitrogens is 3. The molecule has 0 radical (unpaired) electrons. The Hall–Kier alpha value is -1.76. The van der Waals surface area contributed by atoms with Gasteiger partial charge in [-0.05, 0) is 30.8 Å². The number of alkyl halides is 3. The molecular weight excluding hydrogens is 263 g/mol. The maximum Gasteiger partial charge on any atom is 0.417 e. The van der Waals surface area contributed by atoms with Crippen molar-refractivity contribution >= 4 is 12.2 Å². The third-order valence-electron chi connectivity index (χ3n) is 2.40. The fraction of sp³-hybridized carbons (Fsp3) is 0.182. The Morgan fingerprint density at radius 2 is 2.00 bits per heavy atom. The monoisotopic (exact) mass is 271 g/mol. The number of nitrogens with zero attached hydrogens (tertiary/aromatic N) is 2. The van der Waals surface area contributed by atoms with Gasteiger partial charge in [0.05, 0.1) is 11.3 Å². The van der Waals surface area contributed by atoms with Crippen molar-refractivity contribution in [3.63, 3.8) is 0 Å². The van der Waals surface area contributed by atoms with Crippen LogP contribution in [0.5, 0.6) is 0 Å². The number of hydrogen-bond acceptors (Lipinski definition) is 3. The van der Waals surface area contributed by atoms with Crippen LogP contribution in [0.4, 0.5) is 13.2 Å². The molecule has 2 heterocycles. The summed E-state index contributed by atoms with van der Waals surface area (Å²) in [6.07, 6.45) is -0.737. The largest absolute Gasteiger partial charge is 0.417 e. The van der Waals surface area contributed by atoms with E-state index in [1.165, 1.54) is 6.20 Å². The highest BCUT2D eigenvalue weighted by Crippen LogP contribution is 2.36. The van der Waals surface area contributed by atoms with Crippen LogP contribution in [0.1, 0.15) is 11.1 Å². The van der Waals surface area contributed by atoms with Gasteiger partial charge in [-0.2, -0.15) is 13.2 Å². The number of H-pyrrole nitrogens is 1. The second-order valence-electron chi connectivity index (χ2n) is 3.67. The molecule has 0 saturated heterocycles. The molecule has 18 heavy (non-hydrogen) atoms. The highest BCUT2D eigenvalue weighted by Gasteiger charge is 2.34. The predicted octanol–water partition coefficient (Wildman–Crippen LogP) is 3.53. The lowest BCUT2D eigenvalue weighted by atomic mass is 10.0. The summed E-state index contributed by atoms with van der Waals surface area (Å²) in [5.41, 5.74) is 0.0750. The molecule has 1 N–H and O–H groups in total. The van der Waals surface area contributed by atoms with Gasteiger partial charge in [-0.3, -0.25) is 4.98 Å². The number of hydrogen-bond donors (Lipinski definition) is 1. The van der Waals surface area contributed by atoms with E-state index >= 15 is 0 Å². The Morgan fingerprint density at radius 1 is 1.28 bits per heavy atom. The van der Waals surface area contributed by atoms with Crippen LogP contribution >= 0.6 is 12.2 Å². The normalized spacial score (nSPS) is 11.6. The van der Waals surface area contributed by atoms with E-state index in [9.17, 15) is 13.2 Å². The highest BCUT2D eigenvalue weighted by molar-refractivity contribution is 7.71. The lowest BCUT2D eigenvalue weighted by molar-refractivity contribution is -0.137. The summed E-state index contributed by atoms with van der Waals surface area (Å²) >= 11 is 4.83. The number of aromatic amines is 1. The number of rotatable bonds is 1. The Bertz CT molecular complexity index is 634. The van der Waals surface area contributed by atoms with Crippen molar-refractivity contribution in [3.8, 4) is 11.3 Å². The van der Waals surface area contributed by atoms with Gasteiger partial charge in [0, 0.05) is 24.2 Å². The summed E-state index contributed by atoms with van der Waals surface area (Å²) in [7, 11) is 0. The zero-order valence-electron chi connectivity index (χ0n) is 9.25. The van der Waals surface area contributed by atoms with Gasteiger partial charge in [0.2, 0.25) is 0 Å². The smallest absolute Gasteiger partial charge is 0.330 e. The fourth-order valence-electron chi connectivity index (χ4n) is 1.58. The van der Waals surface area contributed by atoms with Gasteiger partial charge >= 0.3 is 6.18 Å². The molecule has 0 unspecified atom stereocenters. The molecule has 2 rings (SSSR count). The number of nitrogens with one attached hydrogen (secondary N) is 1. The molecule has 0 bridgehead atoms. The van der Waals surface area contributed by atoms with E-state index in [-0.39, 0.29) is 16.0 Å². The zero-order valence-corrected chi connectivity index (χ0v) is 10.1. The molecule has 7 heteroatoms. The van der Waals surface area contributed by atoms with Crippen molar-refractivity contribution in [3.05, 3.63) is 40.6 Å². The number of aryl methyl sites for hydroxylation is 1. The summed E-state index contributed by atoms with van der Waals surface area (Å²) in [5, 5.41) is 0. The molecule has 0 amide bonds. The van der Waals surface area contributed by atoms with Crippen molar-refractivity contribution < 1.29 is 13.2 Å². The quantitative estimate of drug-likeness (QED) is 0.807. The van der Waals surface area contributed by atoms with Crippen LogP contribution in [0, 0.1) is 11.7 Å². The molecule has 0 aliphatic heterocycles. The Kier molecular flexibility index (Phi) is 3.16. The summed E-state index contributed by atoms with van der Waals surface area (Å²) in [6.45, 7) is 1.65. The van der Waals surface area contributed by atoms with Gasteiger partial charge in [0.25, 0.3) is 0 Å². The second-order valence-corrected chi connectivity index (χ2v) is 4.05. The average molecular weight is 271 g/mol. The molecule has 0 fully saturated rings. The summed E-state index contributed by atoms with van der Waals surface area (Å²) < 4.78 is 38.8. The lowest BCUT2D eigenvalue weighted by Gasteiger charge is -2.13. The van der Waals surface area contributed by atoms with E-state index in [2.05, 4.69) is 15.0 Å². The van der Waals surface area contributed by atoms with E-state index in [4.69, 9.17) is 12.2 Å². The minimum atomic E-state index is -4.44. The molecular formula is C11H8F3N3S.